The second-order valence-electron chi connectivity index (χ2n) is 5.86. The molecule has 0 bridgehead atoms. The third-order valence-corrected chi connectivity index (χ3v) is 0.843. The quantitative estimate of drug-likeness (QED) is 0.390. The van der Waals surface area contributed by atoms with Crippen molar-refractivity contribution < 1.29 is 42.1 Å². The monoisotopic (exact) mass is 395 g/mol. The molecule has 6 N–H and O–H groups in total. The summed E-state index contributed by atoms with van der Waals surface area (Å²) in [6.07, 6.45) is -0.667. The summed E-state index contributed by atoms with van der Waals surface area (Å²) in [5, 5.41) is 32.2. The molecule has 1 rings (SSSR count). The first-order valence-electron chi connectivity index (χ1n) is 7.92. The predicted octanol–water partition coefficient (Wildman–Crippen LogP) is 4.13. The first-order chi connectivity index (χ1) is 10.3. The van der Waals surface area contributed by atoms with Gasteiger partial charge in [0.1, 0.15) is 0 Å². The molecule has 5 nitrogen and oxygen atoms in total. The Bertz CT molecular complexity index is 260. The molecule has 0 heterocycles. The molecule has 1 aromatic carbocycles. The van der Waals surface area contributed by atoms with Crippen molar-refractivity contribution in [3.8, 4) is 0 Å². The van der Waals surface area contributed by atoms with Crippen LogP contribution in [-0.2, 0) is 21.7 Å². The summed E-state index contributed by atoms with van der Waals surface area (Å²) in [5.74, 6) is 0. The number of nitrogens with two attached hydrogens (primary N) is 1. The van der Waals surface area contributed by atoms with Crippen molar-refractivity contribution in [3.05, 3.63) is 49.0 Å². The van der Waals surface area contributed by atoms with Gasteiger partial charge in [0, 0.05) is 24.4 Å². The third kappa shape index (κ3) is 191. The molecule has 0 aromatic heterocycles. The molecule has 25 heavy (non-hydrogen) atoms. The van der Waals surface area contributed by atoms with Crippen LogP contribution in [0, 0.1) is 6.92 Å². The van der Waals surface area contributed by atoms with E-state index in [0.29, 0.717) is 0 Å². The fourth-order valence-electron chi connectivity index (χ4n) is 0.478. The number of benzene rings is 1. The number of hydrogen-bond donors (Lipinski definition) is 4. The second kappa shape index (κ2) is 31.4. The van der Waals surface area contributed by atoms with Crippen molar-refractivity contribution in [2.75, 3.05) is 0 Å². The van der Waals surface area contributed by atoms with Gasteiger partial charge in [0.25, 0.3) is 0 Å². The van der Waals surface area contributed by atoms with E-state index < -0.39 is 0 Å². The largest absolute Gasteiger partial charge is 2.00 e. The molecule has 0 aliphatic heterocycles. The molecule has 0 spiro atoms. The molecule has 0 saturated carbocycles. The topological polar surface area (TPSA) is 114 Å². The van der Waals surface area contributed by atoms with Crippen molar-refractivity contribution in [2.45, 2.75) is 79.8 Å². The van der Waals surface area contributed by atoms with Crippen LogP contribution in [-0.4, -0.2) is 44.8 Å². The average Bonchev–Trinajstić information content (AvgIpc) is 2.26. The van der Waals surface area contributed by atoms with Gasteiger partial charge in [-0.2, -0.15) is 24.6 Å². The molecule has 1 aromatic rings. The van der Waals surface area contributed by atoms with Crippen LogP contribution >= 0.6 is 0 Å². The number of rotatable bonds is 0. The summed E-state index contributed by atoms with van der Waals surface area (Å²) in [5.41, 5.74) is 1.07. The van der Waals surface area contributed by atoms with Crippen molar-refractivity contribution in [1.29, 1.82) is 0 Å². The van der Waals surface area contributed by atoms with Crippen molar-refractivity contribution in [2.24, 2.45) is 0 Å². The van der Waals surface area contributed by atoms with Crippen molar-refractivity contribution in [1.82, 2.24) is 0 Å². The van der Waals surface area contributed by atoms with Crippen LogP contribution in [0.25, 0.3) is 6.15 Å². The van der Waals surface area contributed by atoms with Crippen LogP contribution < -0.4 is 0 Å². The molecule has 150 valence electrons. The van der Waals surface area contributed by atoms with E-state index in [-0.39, 0.29) is 52.3 Å². The fourth-order valence-corrected chi connectivity index (χ4v) is 0.478. The van der Waals surface area contributed by atoms with E-state index in [9.17, 15) is 0 Å². The first kappa shape index (κ1) is 39.6. The predicted molar refractivity (Wildman–Crippen MR) is 106 cm³/mol. The van der Waals surface area contributed by atoms with Gasteiger partial charge in [-0.1, -0.05) is 6.07 Å². The third-order valence-electron chi connectivity index (χ3n) is 0.843. The summed E-state index contributed by atoms with van der Waals surface area (Å²) >= 11 is 0. The van der Waals surface area contributed by atoms with Gasteiger partial charge >= 0.3 is 21.7 Å². The van der Waals surface area contributed by atoms with E-state index >= 15 is 0 Å². The molecule has 0 radical (unpaired) electrons. The summed E-state index contributed by atoms with van der Waals surface area (Å²) in [4.78, 5) is 0. The number of aliphatic hydroxyl groups is 4. The maximum absolute atomic E-state index is 8.06. The first-order valence-corrected chi connectivity index (χ1v) is 7.92. The van der Waals surface area contributed by atoms with Gasteiger partial charge in [-0.15, -0.1) is 12.1 Å². The van der Waals surface area contributed by atoms with Crippen LogP contribution in [0.1, 0.15) is 61.0 Å². The van der Waals surface area contributed by atoms with E-state index in [1.807, 2.05) is 30.3 Å². The summed E-state index contributed by atoms with van der Waals surface area (Å²) in [7, 11) is 0. The molecule has 6 heteroatoms. The smallest absolute Gasteiger partial charge is 0.693 e. The van der Waals surface area contributed by atoms with Crippen LogP contribution in [0.5, 0.6) is 0 Å². The molecule has 0 aliphatic carbocycles. The molecule has 0 atom stereocenters. The zero-order chi connectivity index (χ0) is 19.4. The minimum absolute atomic E-state index is 0. The number of aliphatic hydroxyl groups excluding tert-OH is 4. The van der Waals surface area contributed by atoms with Gasteiger partial charge in [-0.25, -0.2) is 0 Å². The Balaban J connectivity index is -0.0000000456. The molecule has 0 amide bonds. The Kier molecular flexibility index (Phi) is 49.7. The zero-order valence-corrected chi connectivity index (χ0v) is 18.8. The van der Waals surface area contributed by atoms with Crippen LogP contribution in [0.15, 0.2) is 30.3 Å². The molecule has 0 saturated heterocycles. The van der Waals surface area contributed by atoms with Crippen LogP contribution in [0.2, 0.25) is 0 Å². The van der Waals surface area contributed by atoms with Gasteiger partial charge in [-0.05, 0) is 55.4 Å². The van der Waals surface area contributed by atoms with Gasteiger partial charge in [0.15, 0.2) is 0 Å². The standard InChI is InChI=1S/C7H7.4C3H8O.H2N.Ti/c1-7-5-3-2-4-6-7;4*1-3(2)4;;/h2-6H,1H2;4*3-4H,1-2H3;1H2;/q-1;;;;;-1;+2. The van der Waals surface area contributed by atoms with E-state index in [0.717, 1.165) is 5.56 Å². The summed E-state index contributed by atoms with van der Waals surface area (Å²) < 4.78 is 0. The van der Waals surface area contributed by atoms with Crippen molar-refractivity contribution >= 4 is 0 Å². The van der Waals surface area contributed by atoms with Crippen molar-refractivity contribution in [3.63, 3.8) is 0 Å². The molecular weight excluding hydrogens is 354 g/mol. The van der Waals surface area contributed by atoms with E-state index in [4.69, 9.17) is 20.4 Å². The van der Waals surface area contributed by atoms with Gasteiger partial charge in [0.2, 0.25) is 0 Å². The van der Waals surface area contributed by atoms with Gasteiger partial charge in [-0.3, -0.25) is 0 Å². The number of hydrogen-bond acceptors (Lipinski definition) is 4. The Hall–Kier alpha value is -0.396. The minimum atomic E-state index is -0.167. The Morgan fingerprint density at radius 3 is 0.840 bits per heavy atom. The Morgan fingerprint density at radius 1 is 0.600 bits per heavy atom. The maximum Gasteiger partial charge on any atom is 2.00 e. The van der Waals surface area contributed by atoms with E-state index in [1.165, 1.54) is 0 Å². The van der Waals surface area contributed by atoms with Gasteiger partial charge in [0.05, 0.1) is 0 Å². The Labute approximate surface area is 171 Å². The van der Waals surface area contributed by atoms with Gasteiger partial charge < -0.3 is 26.6 Å². The second-order valence-corrected chi connectivity index (χ2v) is 5.86. The fraction of sp³-hybridized carbons (Fsp3) is 0.632. The average molecular weight is 395 g/mol. The Morgan fingerprint density at radius 2 is 0.760 bits per heavy atom. The summed E-state index contributed by atoms with van der Waals surface area (Å²) in [6, 6.07) is 9.87. The normalized spacial score (nSPS) is 8.16. The maximum atomic E-state index is 8.06. The van der Waals surface area contributed by atoms with Crippen LogP contribution in [0.4, 0.5) is 0 Å². The van der Waals surface area contributed by atoms with Crippen LogP contribution in [0.3, 0.4) is 0 Å². The minimum Gasteiger partial charge on any atom is -0.693 e. The molecule has 0 aliphatic rings. The SMILES string of the molecule is CC(C)O.CC(C)O.CC(C)O.CC(C)O.[CH2-]c1ccccc1.[NH2-].[Ti+2]. The van der Waals surface area contributed by atoms with E-state index in [1.54, 1.807) is 55.4 Å². The molecular formula is C19H41NO4Ti. The van der Waals surface area contributed by atoms with E-state index in [2.05, 4.69) is 6.92 Å². The molecule has 0 unspecified atom stereocenters. The summed E-state index contributed by atoms with van der Waals surface area (Å²) in [6.45, 7) is 17.5. The molecule has 0 fully saturated rings. The zero-order valence-electron chi connectivity index (χ0n) is 17.3.